The van der Waals surface area contributed by atoms with Gasteiger partial charge in [-0.05, 0) is 41.3 Å². The van der Waals surface area contributed by atoms with Crippen LogP contribution in [0.2, 0.25) is 5.02 Å². The average Bonchev–Trinajstić information content (AvgIpc) is 2.53. The number of carbonyl (C=O) groups is 1. The number of hydrogen-bond acceptors (Lipinski definition) is 2. The van der Waals surface area contributed by atoms with E-state index in [1.54, 1.807) is 12.1 Å². The monoisotopic (exact) mass is 385 g/mol. The van der Waals surface area contributed by atoms with Gasteiger partial charge in [0.1, 0.15) is 5.75 Å². The predicted octanol–water partition coefficient (Wildman–Crippen LogP) is 5.67. The van der Waals surface area contributed by atoms with E-state index in [0.717, 1.165) is 17.7 Å². The Morgan fingerprint density at radius 3 is 2.23 bits per heavy atom. The summed E-state index contributed by atoms with van der Waals surface area (Å²) in [5, 5.41) is 2.14. The molecule has 0 fully saturated rings. The number of ether oxygens (including phenoxy) is 1. The van der Waals surface area contributed by atoms with E-state index in [0.29, 0.717) is 5.75 Å². The van der Waals surface area contributed by atoms with Crippen LogP contribution in [0.3, 0.4) is 0 Å². The van der Waals surface area contributed by atoms with E-state index in [2.05, 4.69) is 26.1 Å². The molecule has 2 aromatic carbocycles. The van der Waals surface area contributed by atoms with Crippen molar-refractivity contribution in [1.29, 1.82) is 0 Å². The summed E-state index contributed by atoms with van der Waals surface area (Å²) in [4.78, 5) is 11.9. The van der Waals surface area contributed by atoms with Crippen LogP contribution < -0.4 is 10.1 Å². The van der Waals surface area contributed by atoms with Crippen LogP contribution in [-0.2, 0) is 16.4 Å². The minimum Gasteiger partial charge on any atom is -0.484 e. The van der Waals surface area contributed by atoms with Gasteiger partial charge < -0.3 is 10.1 Å². The summed E-state index contributed by atoms with van der Waals surface area (Å²) in [5.74, 6) is -0.238. The molecule has 0 aliphatic rings. The van der Waals surface area contributed by atoms with E-state index in [1.807, 2.05) is 12.1 Å². The molecule has 0 atom stereocenters. The van der Waals surface area contributed by atoms with Crippen LogP contribution in [0.15, 0.2) is 42.5 Å². The lowest BCUT2D eigenvalue weighted by Crippen LogP contribution is -2.22. The summed E-state index contributed by atoms with van der Waals surface area (Å²) in [6, 6.07) is 10.4. The van der Waals surface area contributed by atoms with Crippen LogP contribution in [0.4, 0.5) is 18.9 Å². The summed E-state index contributed by atoms with van der Waals surface area (Å²) in [6.45, 7) is 5.80. The van der Waals surface area contributed by atoms with Crippen molar-refractivity contribution in [3.63, 3.8) is 0 Å². The molecule has 0 saturated heterocycles. The van der Waals surface area contributed by atoms with E-state index in [9.17, 15) is 18.0 Å². The third kappa shape index (κ3) is 5.39. The molecule has 3 nitrogen and oxygen atoms in total. The topological polar surface area (TPSA) is 38.3 Å². The molecular weight excluding hydrogens is 367 g/mol. The highest BCUT2D eigenvalue weighted by Crippen LogP contribution is 2.36. The zero-order chi connectivity index (χ0) is 19.5. The van der Waals surface area contributed by atoms with Gasteiger partial charge in [0, 0.05) is 5.02 Å². The number of benzene rings is 2. The van der Waals surface area contributed by atoms with E-state index in [-0.39, 0.29) is 16.1 Å². The first-order valence-corrected chi connectivity index (χ1v) is 8.24. The standard InChI is InChI=1S/C19H19ClF3NO2/c1-18(2,3)12-4-7-14(8-5-12)26-11-17(25)24-16-9-6-13(20)10-15(16)19(21,22)23/h4-10H,11H2,1-3H3,(H,24,25). The fourth-order valence-corrected chi connectivity index (χ4v) is 2.42. The van der Waals surface area contributed by atoms with Crippen LogP contribution in [0.1, 0.15) is 31.9 Å². The first-order chi connectivity index (χ1) is 12.0. The summed E-state index contributed by atoms with van der Waals surface area (Å²) in [5.41, 5.74) is -0.282. The zero-order valence-electron chi connectivity index (χ0n) is 14.6. The lowest BCUT2D eigenvalue weighted by molar-refractivity contribution is -0.137. The second-order valence-electron chi connectivity index (χ2n) is 6.80. The Hall–Kier alpha value is -2.21. The minimum atomic E-state index is -4.63. The second kappa shape index (κ2) is 7.58. The quantitative estimate of drug-likeness (QED) is 0.736. The largest absolute Gasteiger partial charge is 0.484 e. The molecule has 7 heteroatoms. The molecule has 1 N–H and O–H groups in total. The van der Waals surface area contributed by atoms with Crippen LogP contribution in [-0.4, -0.2) is 12.5 Å². The van der Waals surface area contributed by atoms with Gasteiger partial charge in [-0.3, -0.25) is 4.79 Å². The molecule has 1 amide bonds. The third-order valence-corrected chi connectivity index (χ3v) is 3.89. The Bertz CT molecular complexity index is 781. The molecule has 26 heavy (non-hydrogen) atoms. The van der Waals surface area contributed by atoms with Crippen LogP contribution in [0, 0.1) is 0 Å². The average molecular weight is 386 g/mol. The summed E-state index contributed by atoms with van der Waals surface area (Å²) < 4.78 is 44.4. The Morgan fingerprint density at radius 1 is 1.08 bits per heavy atom. The molecule has 0 unspecified atom stereocenters. The molecule has 0 spiro atoms. The molecule has 0 aliphatic carbocycles. The Labute approximate surface area is 155 Å². The van der Waals surface area contributed by atoms with Crippen molar-refractivity contribution >= 4 is 23.2 Å². The molecule has 0 heterocycles. The number of amides is 1. The van der Waals surface area contributed by atoms with Gasteiger partial charge in [0.15, 0.2) is 6.61 Å². The summed E-state index contributed by atoms with van der Waals surface area (Å²) in [7, 11) is 0. The smallest absolute Gasteiger partial charge is 0.418 e. The molecule has 2 aromatic rings. The predicted molar refractivity (Wildman–Crippen MR) is 95.7 cm³/mol. The van der Waals surface area contributed by atoms with Gasteiger partial charge in [-0.1, -0.05) is 44.5 Å². The lowest BCUT2D eigenvalue weighted by atomic mass is 9.87. The van der Waals surface area contributed by atoms with Gasteiger partial charge in [0.25, 0.3) is 5.91 Å². The first-order valence-electron chi connectivity index (χ1n) is 7.87. The van der Waals surface area contributed by atoms with Crippen molar-refractivity contribution in [1.82, 2.24) is 0 Å². The number of rotatable bonds is 4. The van der Waals surface area contributed by atoms with Crippen molar-refractivity contribution in [2.45, 2.75) is 32.4 Å². The number of alkyl halides is 3. The highest BCUT2D eigenvalue weighted by molar-refractivity contribution is 6.30. The van der Waals surface area contributed by atoms with E-state index >= 15 is 0 Å². The maximum absolute atomic E-state index is 13.0. The molecule has 140 valence electrons. The van der Waals surface area contributed by atoms with Gasteiger partial charge in [0.2, 0.25) is 0 Å². The fourth-order valence-electron chi connectivity index (χ4n) is 2.25. The van der Waals surface area contributed by atoms with Crippen molar-refractivity contribution in [2.75, 3.05) is 11.9 Å². The van der Waals surface area contributed by atoms with E-state index in [4.69, 9.17) is 16.3 Å². The Kier molecular flexibility index (Phi) is 5.86. The van der Waals surface area contributed by atoms with Gasteiger partial charge >= 0.3 is 6.18 Å². The molecule has 2 rings (SSSR count). The van der Waals surface area contributed by atoms with Gasteiger partial charge in [-0.2, -0.15) is 13.2 Å². The molecule has 0 bridgehead atoms. The SMILES string of the molecule is CC(C)(C)c1ccc(OCC(=O)Nc2ccc(Cl)cc2C(F)(F)F)cc1. The molecule has 0 radical (unpaired) electrons. The van der Waals surface area contributed by atoms with Crippen molar-refractivity contribution in [3.8, 4) is 5.75 Å². The third-order valence-electron chi connectivity index (χ3n) is 3.65. The van der Waals surface area contributed by atoms with Crippen molar-refractivity contribution < 1.29 is 22.7 Å². The lowest BCUT2D eigenvalue weighted by Gasteiger charge is -2.19. The number of halogens is 4. The van der Waals surface area contributed by atoms with Gasteiger partial charge in [0.05, 0.1) is 11.3 Å². The number of nitrogens with one attached hydrogen (secondary N) is 1. The Balaban J connectivity index is 2.02. The highest BCUT2D eigenvalue weighted by atomic mass is 35.5. The zero-order valence-corrected chi connectivity index (χ0v) is 15.3. The first kappa shape index (κ1) is 20.1. The fraction of sp³-hybridized carbons (Fsp3) is 0.316. The van der Waals surface area contributed by atoms with E-state index < -0.39 is 24.3 Å². The van der Waals surface area contributed by atoms with Gasteiger partial charge in [-0.15, -0.1) is 0 Å². The number of carbonyl (C=O) groups excluding carboxylic acids is 1. The van der Waals surface area contributed by atoms with Crippen LogP contribution >= 0.6 is 11.6 Å². The van der Waals surface area contributed by atoms with Gasteiger partial charge in [-0.25, -0.2) is 0 Å². The highest BCUT2D eigenvalue weighted by Gasteiger charge is 2.34. The maximum atomic E-state index is 13.0. The molecule has 0 saturated carbocycles. The molecule has 0 aromatic heterocycles. The normalized spacial score (nSPS) is 12.0. The second-order valence-corrected chi connectivity index (χ2v) is 7.24. The number of anilines is 1. The molecule has 0 aliphatic heterocycles. The van der Waals surface area contributed by atoms with Crippen LogP contribution in [0.25, 0.3) is 0 Å². The minimum absolute atomic E-state index is 0.0154. The van der Waals surface area contributed by atoms with Crippen molar-refractivity contribution in [2.24, 2.45) is 0 Å². The number of hydrogen-bond donors (Lipinski definition) is 1. The van der Waals surface area contributed by atoms with Crippen molar-refractivity contribution in [3.05, 3.63) is 58.6 Å². The maximum Gasteiger partial charge on any atom is 0.418 e. The van der Waals surface area contributed by atoms with E-state index in [1.165, 1.54) is 6.07 Å². The Morgan fingerprint density at radius 2 is 1.69 bits per heavy atom. The van der Waals surface area contributed by atoms with Crippen LogP contribution in [0.5, 0.6) is 5.75 Å². The summed E-state index contributed by atoms with van der Waals surface area (Å²) in [6.07, 6.45) is -4.63. The summed E-state index contributed by atoms with van der Waals surface area (Å²) >= 11 is 5.61. The molecular formula is C19H19ClF3NO2.